The lowest BCUT2D eigenvalue weighted by atomic mass is 10.2. The molecular weight excluding hydrogens is 478 g/mol. The molecule has 0 aliphatic heterocycles. The van der Waals surface area contributed by atoms with Crippen molar-refractivity contribution in [3.63, 3.8) is 0 Å². The standard InChI is InChI=1S/C22H14Cl4N4O/c1-12-2-7-15(10-18(12)25)27-22(31)20-28-21(13-3-5-14(23)6-4-13)30(29-20)16-8-9-17(24)19(26)11-16/h2-11H,1H3,(H,27,31). The number of halogens is 4. The molecule has 1 aromatic heterocycles. The predicted octanol–water partition coefficient (Wildman–Crippen LogP) is 7.11. The van der Waals surface area contributed by atoms with Gasteiger partial charge in [-0.15, -0.1) is 5.10 Å². The lowest BCUT2D eigenvalue weighted by molar-refractivity contribution is 0.101. The summed E-state index contributed by atoms with van der Waals surface area (Å²) in [4.78, 5) is 17.3. The van der Waals surface area contributed by atoms with Gasteiger partial charge in [-0.1, -0.05) is 52.5 Å². The summed E-state index contributed by atoms with van der Waals surface area (Å²) in [7, 11) is 0. The highest BCUT2D eigenvalue weighted by molar-refractivity contribution is 6.42. The van der Waals surface area contributed by atoms with Crippen molar-refractivity contribution in [3.05, 3.63) is 92.1 Å². The maximum atomic E-state index is 12.9. The van der Waals surface area contributed by atoms with Crippen molar-refractivity contribution in [2.45, 2.75) is 6.92 Å². The van der Waals surface area contributed by atoms with Gasteiger partial charge in [-0.3, -0.25) is 4.79 Å². The maximum Gasteiger partial charge on any atom is 0.295 e. The Morgan fingerprint density at radius 1 is 0.871 bits per heavy atom. The van der Waals surface area contributed by atoms with Gasteiger partial charge in [0, 0.05) is 21.3 Å². The number of hydrogen-bond acceptors (Lipinski definition) is 3. The van der Waals surface area contributed by atoms with Crippen LogP contribution in [0, 0.1) is 6.92 Å². The zero-order valence-electron chi connectivity index (χ0n) is 16.0. The van der Waals surface area contributed by atoms with Gasteiger partial charge in [-0.05, 0) is 67.1 Å². The number of amides is 1. The van der Waals surface area contributed by atoms with Crippen molar-refractivity contribution in [3.8, 4) is 17.1 Å². The fourth-order valence-corrected chi connectivity index (χ4v) is 3.45. The average molecular weight is 492 g/mol. The van der Waals surface area contributed by atoms with Crippen LogP contribution in [0.4, 0.5) is 5.69 Å². The highest BCUT2D eigenvalue weighted by Crippen LogP contribution is 2.28. The minimum atomic E-state index is -0.478. The first kappa shape index (κ1) is 21.7. The second-order valence-electron chi connectivity index (χ2n) is 6.69. The molecule has 1 N–H and O–H groups in total. The van der Waals surface area contributed by atoms with Gasteiger partial charge in [0.1, 0.15) is 0 Å². The topological polar surface area (TPSA) is 59.8 Å². The summed E-state index contributed by atoms with van der Waals surface area (Å²) < 4.78 is 1.53. The first-order valence-corrected chi connectivity index (χ1v) is 10.6. The molecule has 3 aromatic carbocycles. The number of carbonyl (C=O) groups excluding carboxylic acids is 1. The first-order chi connectivity index (χ1) is 14.8. The molecule has 0 radical (unpaired) electrons. The van der Waals surface area contributed by atoms with Crippen molar-refractivity contribution in [2.75, 3.05) is 5.32 Å². The summed E-state index contributed by atoms with van der Waals surface area (Å²) in [5.74, 6) is -0.0520. The molecule has 0 unspecified atom stereocenters. The second kappa shape index (κ2) is 8.89. The quantitative estimate of drug-likeness (QED) is 0.331. The van der Waals surface area contributed by atoms with Crippen LogP contribution in [0.2, 0.25) is 20.1 Å². The Hall–Kier alpha value is -2.57. The van der Waals surface area contributed by atoms with Gasteiger partial charge in [0.2, 0.25) is 5.82 Å². The van der Waals surface area contributed by atoms with E-state index in [1.807, 2.05) is 13.0 Å². The SMILES string of the molecule is Cc1ccc(NC(=O)c2nc(-c3ccc(Cl)cc3)n(-c3ccc(Cl)c(Cl)c3)n2)cc1Cl. The van der Waals surface area contributed by atoms with Crippen molar-refractivity contribution >= 4 is 58.0 Å². The fraction of sp³-hybridized carbons (Fsp3) is 0.0455. The van der Waals surface area contributed by atoms with Crippen LogP contribution in [-0.2, 0) is 0 Å². The van der Waals surface area contributed by atoms with E-state index in [2.05, 4.69) is 15.4 Å². The molecule has 1 amide bonds. The van der Waals surface area contributed by atoms with E-state index in [0.717, 1.165) is 11.1 Å². The van der Waals surface area contributed by atoms with Crippen molar-refractivity contribution in [2.24, 2.45) is 0 Å². The Balaban J connectivity index is 1.76. The third kappa shape index (κ3) is 4.70. The molecule has 4 rings (SSSR count). The van der Waals surface area contributed by atoms with Crippen LogP contribution in [0.25, 0.3) is 17.1 Å². The largest absolute Gasteiger partial charge is 0.319 e. The molecule has 0 saturated carbocycles. The van der Waals surface area contributed by atoms with Gasteiger partial charge in [-0.25, -0.2) is 9.67 Å². The van der Waals surface area contributed by atoms with Crippen LogP contribution in [0.1, 0.15) is 16.2 Å². The Bertz CT molecular complexity index is 1290. The Kier molecular flexibility index (Phi) is 6.21. The molecule has 0 atom stereocenters. The van der Waals surface area contributed by atoms with Crippen LogP contribution in [0.15, 0.2) is 60.7 Å². The average Bonchev–Trinajstić information content (AvgIpc) is 3.19. The highest BCUT2D eigenvalue weighted by Gasteiger charge is 2.20. The van der Waals surface area contributed by atoms with E-state index in [-0.39, 0.29) is 5.82 Å². The molecule has 1 heterocycles. The van der Waals surface area contributed by atoms with E-state index >= 15 is 0 Å². The van der Waals surface area contributed by atoms with Crippen LogP contribution in [0.5, 0.6) is 0 Å². The molecule has 4 aromatic rings. The monoisotopic (exact) mass is 490 g/mol. The van der Waals surface area contributed by atoms with E-state index in [1.165, 1.54) is 4.68 Å². The molecule has 156 valence electrons. The van der Waals surface area contributed by atoms with Gasteiger partial charge in [0.15, 0.2) is 5.82 Å². The molecular formula is C22H14Cl4N4O. The lowest BCUT2D eigenvalue weighted by Gasteiger charge is -2.07. The summed E-state index contributed by atoms with van der Waals surface area (Å²) in [6.45, 7) is 1.88. The lowest BCUT2D eigenvalue weighted by Crippen LogP contribution is -2.14. The van der Waals surface area contributed by atoms with E-state index < -0.39 is 5.91 Å². The number of rotatable bonds is 4. The second-order valence-corrected chi connectivity index (χ2v) is 8.35. The molecule has 31 heavy (non-hydrogen) atoms. The molecule has 0 aliphatic rings. The number of nitrogens with zero attached hydrogens (tertiary/aromatic N) is 3. The van der Waals surface area contributed by atoms with Crippen molar-refractivity contribution < 1.29 is 4.79 Å². The number of nitrogens with one attached hydrogen (secondary N) is 1. The van der Waals surface area contributed by atoms with Crippen molar-refractivity contribution in [1.29, 1.82) is 0 Å². The number of anilines is 1. The molecule has 5 nitrogen and oxygen atoms in total. The van der Waals surface area contributed by atoms with E-state index in [9.17, 15) is 4.79 Å². The minimum absolute atomic E-state index is 0.0206. The van der Waals surface area contributed by atoms with Gasteiger partial charge < -0.3 is 5.32 Å². The van der Waals surface area contributed by atoms with E-state index in [4.69, 9.17) is 46.4 Å². The Morgan fingerprint density at radius 3 is 2.29 bits per heavy atom. The number of aromatic nitrogens is 3. The zero-order chi connectivity index (χ0) is 22.1. The number of carbonyl (C=O) groups is 1. The summed E-state index contributed by atoms with van der Waals surface area (Å²) in [6.07, 6.45) is 0. The smallest absolute Gasteiger partial charge is 0.295 e. The summed E-state index contributed by atoms with van der Waals surface area (Å²) in [6, 6.07) is 17.4. The van der Waals surface area contributed by atoms with E-state index in [1.54, 1.807) is 54.6 Å². The molecule has 0 saturated heterocycles. The third-order valence-electron chi connectivity index (χ3n) is 4.49. The summed E-state index contributed by atoms with van der Waals surface area (Å²) in [5.41, 5.74) is 2.77. The highest BCUT2D eigenvalue weighted by atomic mass is 35.5. The molecule has 0 aliphatic carbocycles. The van der Waals surface area contributed by atoms with Crippen molar-refractivity contribution in [1.82, 2.24) is 14.8 Å². The summed E-state index contributed by atoms with van der Waals surface area (Å²) >= 11 is 24.4. The zero-order valence-corrected chi connectivity index (χ0v) is 19.1. The molecule has 0 bridgehead atoms. The van der Waals surface area contributed by atoms with Crippen LogP contribution >= 0.6 is 46.4 Å². The van der Waals surface area contributed by atoms with Crippen LogP contribution in [0.3, 0.4) is 0 Å². The van der Waals surface area contributed by atoms with Gasteiger partial charge in [0.25, 0.3) is 5.91 Å². The molecule has 0 spiro atoms. The molecule has 9 heteroatoms. The number of aryl methyl sites for hydroxylation is 1. The Labute approximate surface area is 198 Å². The van der Waals surface area contributed by atoms with Gasteiger partial charge >= 0.3 is 0 Å². The predicted molar refractivity (Wildman–Crippen MR) is 126 cm³/mol. The van der Waals surface area contributed by atoms with Crippen LogP contribution in [-0.4, -0.2) is 20.7 Å². The van der Waals surface area contributed by atoms with E-state index in [0.29, 0.717) is 37.3 Å². The number of hydrogen-bond donors (Lipinski definition) is 1. The van der Waals surface area contributed by atoms with Gasteiger partial charge in [-0.2, -0.15) is 0 Å². The van der Waals surface area contributed by atoms with Crippen LogP contribution < -0.4 is 5.32 Å². The van der Waals surface area contributed by atoms with Gasteiger partial charge in [0.05, 0.1) is 15.7 Å². The normalized spacial score (nSPS) is 10.9. The third-order valence-corrected chi connectivity index (χ3v) is 5.89. The maximum absolute atomic E-state index is 12.9. The number of benzene rings is 3. The fourth-order valence-electron chi connectivity index (χ4n) is 2.85. The first-order valence-electron chi connectivity index (χ1n) is 9.08. The Morgan fingerprint density at radius 2 is 1.61 bits per heavy atom. The summed E-state index contributed by atoms with van der Waals surface area (Å²) in [5, 5.41) is 9.08. The minimum Gasteiger partial charge on any atom is -0.319 e. The molecule has 0 fully saturated rings.